The standard InChI is InChI=1S/C12H19NOS/c1-9-6-7-11(15-2)10(12(9)14)5-3-4-8-13/h6-7,14H,3-5,8,13H2,1-2H3. The number of phenols is 1. The zero-order valence-electron chi connectivity index (χ0n) is 9.42. The van der Waals surface area contributed by atoms with Crippen LogP contribution in [0.5, 0.6) is 5.75 Å². The van der Waals surface area contributed by atoms with Gasteiger partial charge in [0.1, 0.15) is 5.75 Å². The van der Waals surface area contributed by atoms with Gasteiger partial charge in [0, 0.05) is 10.5 Å². The Bertz CT molecular complexity index is 326. The van der Waals surface area contributed by atoms with Crippen LogP contribution in [-0.2, 0) is 6.42 Å². The third-order valence-corrected chi connectivity index (χ3v) is 3.36. The summed E-state index contributed by atoms with van der Waals surface area (Å²) in [7, 11) is 0. The van der Waals surface area contributed by atoms with Crippen LogP contribution in [0.2, 0.25) is 0 Å². The third-order valence-electron chi connectivity index (χ3n) is 2.54. The summed E-state index contributed by atoms with van der Waals surface area (Å²) >= 11 is 1.69. The minimum absolute atomic E-state index is 0.457. The average Bonchev–Trinajstić information content (AvgIpc) is 2.25. The summed E-state index contributed by atoms with van der Waals surface area (Å²) in [6, 6.07) is 4.05. The van der Waals surface area contributed by atoms with Crippen molar-refractivity contribution >= 4 is 11.8 Å². The van der Waals surface area contributed by atoms with Crippen LogP contribution in [0.4, 0.5) is 0 Å². The number of phenolic OH excluding ortho intramolecular Hbond substituents is 1. The first-order valence-corrected chi connectivity index (χ1v) is 6.48. The first-order chi connectivity index (χ1) is 7.20. The Kier molecular flexibility index (Phi) is 4.99. The summed E-state index contributed by atoms with van der Waals surface area (Å²) in [5, 5.41) is 9.96. The molecule has 0 saturated heterocycles. The van der Waals surface area contributed by atoms with Crippen LogP contribution in [0.1, 0.15) is 24.0 Å². The lowest BCUT2D eigenvalue weighted by molar-refractivity contribution is 0.460. The second-order valence-corrected chi connectivity index (χ2v) is 4.51. The van der Waals surface area contributed by atoms with Gasteiger partial charge in [0.15, 0.2) is 0 Å². The van der Waals surface area contributed by atoms with Crippen LogP contribution in [0, 0.1) is 6.92 Å². The zero-order valence-corrected chi connectivity index (χ0v) is 10.2. The van der Waals surface area contributed by atoms with E-state index in [-0.39, 0.29) is 0 Å². The van der Waals surface area contributed by atoms with Crippen molar-refractivity contribution in [1.29, 1.82) is 0 Å². The number of rotatable bonds is 5. The molecule has 1 rings (SSSR count). The van der Waals surface area contributed by atoms with Crippen molar-refractivity contribution < 1.29 is 5.11 Å². The van der Waals surface area contributed by atoms with Crippen LogP contribution >= 0.6 is 11.8 Å². The van der Waals surface area contributed by atoms with Crippen molar-refractivity contribution in [2.45, 2.75) is 31.1 Å². The number of hydrogen-bond donors (Lipinski definition) is 2. The molecule has 3 heteroatoms. The van der Waals surface area contributed by atoms with Gasteiger partial charge in [-0.15, -0.1) is 11.8 Å². The molecule has 2 nitrogen and oxygen atoms in total. The van der Waals surface area contributed by atoms with Crippen molar-refractivity contribution in [3.05, 3.63) is 23.3 Å². The number of nitrogens with two attached hydrogens (primary N) is 1. The highest BCUT2D eigenvalue weighted by molar-refractivity contribution is 7.98. The fraction of sp³-hybridized carbons (Fsp3) is 0.500. The third kappa shape index (κ3) is 3.14. The Labute approximate surface area is 95.9 Å². The smallest absolute Gasteiger partial charge is 0.122 e. The summed E-state index contributed by atoms with van der Waals surface area (Å²) in [5.74, 6) is 0.457. The van der Waals surface area contributed by atoms with Crippen molar-refractivity contribution in [2.24, 2.45) is 5.73 Å². The van der Waals surface area contributed by atoms with Crippen molar-refractivity contribution in [3.8, 4) is 5.75 Å². The molecule has 84 valence electrons. The van der Waals surface area contributed by atoms with Crippen molar-refractivity contribution in [2.75, 3.05) is 12.8 Å². The van der Waals surface area contributed by atoms with Crippen molar-refractivity contribution in [1.82, 2.24) is 0 Å². The van der Waals surface area contributed by atoms with Gasteiger partial charge < -0.3 is 10.8 Å². The number of aryl methyl sites for hydroxylation is 1. The SMILES string of the molecule is CSc1ccc(C)c(O)c1CCCCN. The normalized spacial score (nSPS) is 10.6. The van der Waals surface area contributed by atoms with Gasteiger partial charge in [0.25, 0.3) is 0 Å². The molecule has 0 bridgehead atoms. The van der Waals surface area contributed by atoms with E-state index in [1.165, 1.54) is 4.90 Å². The van der Waals surface area contributed by atoms with Gasteiger partial charge in [-0.1, -0.05) is 6.07 Å². The van der Waals surface area contributed by atoms with Crippen LogP contribution in [0.25, 0.3) is 0 Å². The minimum atomic E-state index is 0.457. The zero-order chi connectivity index (χ0) is 11.3. The molecule has 0 radical (unpaired) electrons. The van der Waals surface area contributed by atoms with E-state index in [1.54, 1.807) is 11.8 Å². The lowest BCUT2D eigenvalue weighted by atomic mass is 10.0. The summed E-state index contributed by atoms with van der Waals surface area (Å²) in [6.07, 6.45) is 5.01. The minimum Gasteiger partial charge on any atom is -0.507 e. The Morgan fingerprint density at radius 1 is 1.33 bits per heavy atom. The van der Waals surface area contributed by atoms with Gasteiger partial charge in [-0.05, 0) is 50.6 Å². The molecule has 0 fully saturated rings. The molecule has 1 aromatic rings. The van der Waals surface area contributed by atoms with Crippen LogP contribution in [0.3, 0.4) is 0 Å². The number of hydrogen-bond acceptors (Lipinski definition) is 3. The molecule has 0 spiro atoms. The molecule has 15 heavy (non-hydrogen) atoms. The van der Waals surface area contributed by atoms with E-state index < -0.39 is 0 Å². The Morgan fingerprint density at radius 2 is 2.07 bits per heavy atom. The van der Waals surface area contributed by atoms with E-state index in [2.05, 4.69) is 6.07 Å². The number of benzene rings is 1. The summed E-state index contributed by atoms with van der Waals surface area (Å²) in [6.45, 7) is 2.66. The number of unbranched alkanes of at least 4 members (excludes halogenated alkanes) is 1. The van der Waals surface area contributed by atoms with Gasteiger partial charge in [0.2, 0.25) is 0 Å². The largest absolute Gasteiger partial charge is 0.507 e. The maximum atomic E-state index is 9.96. The molecule has 0 saturated carbocycles. The first-order valence-electron chi connectivity index (χ1n) is 5.26. The van der Waals surface area contributed by atoms with Crippen LogP contribution in [0.15, 0.2) is 17.0 Å². The monoisotopic (exact) mass is 225 g/mol. The van der Waals surface area contributed by atoms with Crippen LogP contribution in [-0.4, -0.2) is 17.9 Å². The molecule has 3 N–H and O–H groups in total. The maximum absolute atomic E-state index is 9.96. The lowest BCUT2D eigenvalue weighted by Crippen LogP contribution is -2.00. The van der Waals surface area contributed by atoms with E-state index >= 15 is 0 Å². The van der Waals surface area contributed by atoms with Gasteiger partial charge in [-0.2, -0.15) is 0 Å². The molecule has 0 heterocycles. The Morgan fingerprint density at radius 3 is 2.67 bits per heavy atom. The summed E-state index contributed by atoms with van der Waals surface area (Å²) in [5.41, 5.74) is 7.50. The van der Waals surface area contributed by atoms with Crippen molar-refractivity contribution in [3.63, 3.8) is 0 Å². The van der Waals surface area contributed by atoms with Gasteiger partial charge in [0.05, 0.1) is 0 Å². The topological polar surface area (TPSA) is 46.2 Å². The van der Waals surface area contributed by atoms with E-state index in [4.69, 9.17) is 5.73 Å². The average molecular weight is 225 g/mol. The highest BCUT2D eigenvalue weighted by atomic mass is 32.2. The fourth-order valence-electron chi connectivity index (χ4n) is 1.61. The van der Waals surface area contributed by atoms with E-state index in [0.717, 1.165) is 36.9 Å². The first kappa shape index (κ1) is 12.4. The molecule has 0 unspecified atom stereocenters. The van der Waals surface area contributed by atoms with Gasteiger partial charge >= 0.3 is 0 Å². The highest BCUT2D eigenvalue weighted by Gasteiger charge is 2.09. The van der Waals surface area contributed by atoms with Gasteiger partial charge in [-0.3, -0.25) is 0 Å². The Hall–Kier alpha value is -0.670. The second kappa shape index (κ2) is 6.03. The molecule has 0 aliphatic heterocycles. The number of thioether (sulfide) groups is 1. The maximum Gasteiger partial charge on any atom is 0.122 e. The predicted octanol–water partition coefficient (Wildman–Crippen LogP) is 2.70. The molecule has 0 atom stereocenters. The molecular formula is C12H19NOS. The molecule has 0 amide bonds. The molecule has 1 aromatic carbocycles. The lowest BCUT2D eigenvalue weighted by Gasteiger charge is -2.11. The molecular weight excluding hydrogens is 206 g/mol. The Balaban J connectivity index is 2.86. The van der Waals surface area contributed by atoms with E-state index in [0.29, 0.717) is 5.75 Å². The molecule has 0 aliphatic rings. The highest BCUT2D eigenvalue weighted by Crippen LogP contribution is 2.32. The van der Waals surface area contributed by atoms with Crippen LogP contribution < -0.4 is 5.73 Å². The quantitative estimate of drug-likeness (QED) is 0.598. The summed E-state index contributed by atoms with van der Waals surface area (Å²) < 4.78 is 0. The predicted molar refractivity (Wildman–Crippen MR) is 66.6 cm³/mol. The molecule has 0 aliphatic carbocycles. The van der Waals surface area contributed by atoms with Gasteiger partial charge in [-0.25, -0.2) is 0 Å². The number of aromatic hydroxyl groups is 1. The summed E-state index contributed by atoms with van der Waals surface area (Å²) in [4.78, 5) is 1.18. The fourth-order valence-corrected chi connectivity index (χ4v) is 2.26. The molecule has 0 aromatic heterocycles. The van der Waals surface area contributed by atoms with E-state index in [9.17, 15) is 5.11 Å². The van der Waals surface area contributed by atoms with E-state index in [1.807, 2.05) is 19.2 Å². The second-order valence-electron chi connectivity index (χ2n) is 3.66.